The van der Waals surface area contributed by atoms with Crippen molar-refractivity contribution in [2.24, 2.45) is 0 Å². The molecule has 1 amide bonds. The minimum atomic E-state index is -0.149. The molecule has 2 aromatic heterocycles. The van der Waals surface area contributed by atoms with E-state index >= 15 is 0 Å². The van der Waals surface area contributed by atoms with E-state index in [2.05, 4.69) is 17.2 Å². The summed E-state index contributed by atoms with van der Waals surface area (Å²) >= 11 is 1.28. The molecule has 0 bridgehead atoms. The molecule has 0 aliphatic heterocycles. The third-order valence-electron chi connectivity index (χ3n) is 2.91. The Bertz CT molecular complexity index is 620. The van der Waals surface area contributed by atoms with Gasteiger partial charge in [0.1, 0.15) is 22.2 Å². The van der Waals surface area contributed by atoms with E-state index in [1.54, 1.807) is 11.9 Å². The maximum atomic E-state index is 12.4. The lowest BCUT2D eigenvalue weighted by Gasteiger charge is -2.14. The molecule has 0 radical (unpaired) electrons. The molecule has 0 aliphatic carbocycles. The van der Waals surface area contributed by atoms with Crippen LogP contribution in [0.3, 0.4) is 0 Å². The molecule has 0 atom stereocenters. The number of nitrogens with zero attached hydrogens (tertiary/aromatic N) is 2. The Balaban J connectivity index is 2.06. The summed E-state index contributed by atoms with van der Waals surface area (Å²) in [5.74, 6) is 1.69. The number of hydrogen-bond acceptors (Lipinski definition) is 6. The fourth-order valence-electron chi connectivity index (χ4n) is 1.84. The number of aromatic nitrogens is 1. The maximum absolute atomic E-state index is 12.4. The van der Waals surface area contributed by atoms with E-state index in [0.717, 1.165) is 24.5 Å². The highest BCUT2D eigenvalue weighted by molar-refractivity contribution is 7.18. The van der Waals surface area contributed by atoms with Crippen molar-refractivity contribution >= 4 is 28.2 Å². The molecular weight excluding hydrogens is 288 g/mol. The van der Waals surface area contributed by atoms with Crippen molar-refractivity contribution in [3.8, 4) is 0 Å². The van der Waals surface area contributed by atoms with Crippen molar-refractivity contribution in [2.75, 3.05) is 24.6 Å². The summed E-state index contributed by atoms with van der Waals surface area (Å²) in [4.78, 5) is 18.6. The van der Waals surface area contributed by atoms with Crippen molar-refractivity contribution in [1.29, 1.82) is 0 Å². The average Bonchev–Trinajstić information content (AvgIpc) is 3.01. The molecule has 0 aromatic carbocycles. The van der Waals surface area contributed by atoms with Gasteiger partial charge in [-0.05, 0) is 25.5 Å². The molecule has 0 spiro atoms. The van der Waals surface area contributed by atoms with E-state index in [1.807, 2.05) is 19.1 Å². The fraction of sp³-hybridized carbons (Fsp3) is 0.429. The zero-order valence-electron chi connectivity index (χ0n) is 12.5. The molecule has 21 heavy (non-hydrogen) atoms. The van der Waals surface area contributed by atoms with Gasteiger partial charge in [0.15, 0.2) is 5.13 Å². The van der Waals surface area contributed by atoms with Crippen LogP contribution in [-0.2, 0) is 6.54 Å². The van der Waals surface area contributed by atoms with Gasteiger partial charge in [-0.2, -0.15) is 0 Å². The number of carbonyl (C=O) groups is 1. The maximum Gasteiger partial charge on any atom is 0.268 e. The standard InChI is InChI=1S/C14H20N4O2S/c1-4-7-16-14-17-12(15)11(21-14)13(19)18(3)8-10-6-5-9(2)20-10/h5-6H,4,7-8,15H2,1-3H3,(H,16,17). The second kappa shape index (κ2) is 6.62. The van der Waals surface area contributed by atoms with Crippen LogP contribution in [0.25, 0.3) is 0 Å². The fourth-order valence-corrected chi connectivity index (χ4v) is 2.75. The largest absolute Gasteiger partial charge is 0.464 e. The van der Waals surface area contributed by atoms with Crippen molar-refractivity contribution in [3.05, 3.63) is 28.5 Å². The lowest BCUT2D eigenvalue weighted by atomic mass is 10.3. The lowest BCUT2D eigenvalue weighted by molar-refractivity contribution is 0.0780. The van der Waals surface area contributed by atoms with Gasteiger partial charge >= 0.3 is 0 Å². The normalized spacial score (nSPS) is 10.6. The minimum absolute atomic E-state index is 0.149. The van der Waals surface area contributed by atoms with Gasteiger partial charge in [-0.1, -0.05) is 18.3 Å². The quantitative estimate of drug-likeness (QED) is 0.857. The molecule has 0 fully saturated rings. The first-order valence-electron chi connectivity index (χ1n) is 6.82. The summed E-state index contributed by atoms with van der Waals surface area (Å²) in [6, 6.07) is 3.74. The summed E-state index contributed by atoms with van der Waals surface area (Å²) in [5.41, 5.74) is 5.84. The van der Waals surface area contributed by atoms with Gasteiger partial charge in [0, 0.05) is 13.6 Å². The Kier molecular flexibility index (Phi) is 4.85. The molecule has 0 aliphatic rings. The number of furan rings is 1. The van der Waals surface area contributed by atoms with Crippen LogP contribution in [0.5, 0.6) is 0 Å². The molecule has 0 saturated heterocycles. The van der Waals surface area contributed by atoms with Crippen LogP contribution in [0, 0.1) is 6.92 Å². The number of carbonyl (C=O) groups excluding carboxylic acids is 1. The summed E-state index contributed by atoms with van der Waals surface area (Å²) in [6.45, 7) is 5.15. The predicted molar refractivity (Wildman–Crippen MR) is 84.5 cm³/mol. The molecule has 0 saturated carbocycles. The smallest absolute Gasteiger partial charge is 0.268 e. The molecule has 2 aromatic rings. The first-order valence-corrected chi connectivity index (χ1v) is 7.63. The van der Waals surface area contributed by atoms with E-state index < -0.39 is 0 Å². The van der Waals surface area contributed by atoms with Gasteiger partial charge < -0.3 is 20.4 Å². The third kappa shape index (κ3) is 3.75. The number of rotatable bonds is 6. The Labute approximate surface area is 128 Å². The topological polar surface area (TPSA) is 84.4 Å². The van der Waals surface area contributed by atoms with E-state index in [9.17, 15) is 4.79 Å². The summed E-state index contributed by atoms with van der Waals surface area (Å²) in [6.07, 6.45) is 0.987. The van der Waals surface area contributed by atoms with Crippen molar-refractivity contribution < 1.29 is 9.21 Å². The zero-order chi connectivity index (χ0) is 15.4. The van der Waals surface area contributed by atoms with Crippen LogP contribution in [-0.4, -0.2) is 29.4 Å². The molecule has 7 heteroatoms. The number of thiazole rings is 1. The minimum Gasteiger partial charge on any atom is -0.464 e. The van der Waals surface area contributed by atoms with Crippen molar-refractivity contribution in [2.45, 2.75) is 26.8 Å². The van der Waals surface area contributed by atoms with Crippen LogP contribution in [0.15, 0.2) is 16.5 Å². The van der Waals surface area contributed by atoms with Gasteiger partial charge in [0.2, 0.25) is 0 Å². The van der Waals surface area contributed by atoms with Crippen LogP contribution in [0.2, 0.25) is 0 Å². The Morgan fingerprint density at radius 2 is 2.29 bits per heavy atom. The SMILES string of the molecule is CCCNc1nc(N)c(C(=O)N(C)Cc2ccc(C)o2)s1. The Morgan fingerprint density at radius 3 is 2.90 bits per heavy atom. The number of nitrogens with two attached hydrogens (primary N) is 1. The second-order valence-electron chi connectivity index (χ2n) is 4.83. The van der Waals surface area contributed by atoms with E-state index in [0.29, 0.717) is 16.6 Å². The number of nitrogens with one attached hydrogen (secondary N) is 1. The molecule has 6 nitrogen and oxygen atoms in total. The molecule has 2 heterocycles. The van der Waals surface area contributed by atoms with Gasteiger partial charge in [0.25, 0.3) is 5.91 Å². The molecular formula is C14H20N4O2S. The van der Waals surface area contributed by atoms with E-state index in [4.69, 9.17) is 10.2 Å². The molecule has 0 unspecified atom stereocenters. The number of aryl methyl sites for hydroxylation is 1. The van der Waals surface area contributed by atoms with Crippen LogP contribution in [0.1, 0.15) is 34.5 Å². The van der Waals surface area contributed by atoms with Crippen LogP contribution in [0.4, 0.5) is 10.9 Å². The average molecular weight is 308 g/mol. The van der Waals surface area contributed by atoms with Crippen LogP contribution < -0.4 is 11.1 Å². The molecule has 2 rings (SSSR count). The van der Waals surface area contributed by atoms with E-state index in [-0.39, 0.29) is 11.7 Å². The van der Waals surface area contributed by atoms with Gasteiger partial charge in [-0.15, -0.1) is 0 Å². The number of nitrogen functional groups attached to an aromatic ring is 1. The zero-order valence-corrected chi connectivity index (χ0v) is 13.3. The summed E-state index contributed by atoms with van der Waals surface area (Å²) in [7, 11) is 1.72. The van der Waals surface area contributed by atoms with E-state index in [1.165, 1.54) is 11.3 Å². The second-order valence-corrected chi connectivity index (χ2v) is 5.83. The first-order chi connectivity index (χ1) is 10.0. The van der Waals surface area contributed by atoms with Gasteiger partial charge in [0.05, 0.1) is 6.54 Å². The van der Waals surface area contributed by atoms with Crippen LogP contribution >= 0.6 is 11.3 Å². The summed E-state index contributed by atoms with van der Waals surface area (Å²) in [5, 5.41) is 3.82. The van der Waals surface area contributed by atoms with Crippen molar-refractivity contribution in [3.63, 3.8) is 0 Å². The van der Waals surface area contributed by atoms with Gasteiger partial charge in [-0.3, -0.25) is 4.79 Å². The summed E-state index contributed by atoms with van der Waals surface area (Å²) < 4.78 is 5.48. The Hall–Kier alpha value is -2.02. The predicted octanol–water partition coefficient (Wildman–Crippen LogP) is 2.72. The van der Waals surface area contributed by atoms with Gasteiger partial charge in [-0.25, -0.2) is 4.98 Å². The first kappa shape index (κ1) is 15.4. The number of anilines is 2. The monoisotopic (exact) mass is 308 g/mol. The Morgan fingerprint density at radius 1 is 1.52 bits per heavy atom. The molecule has 3 N–H and O–H groups in total. The third-order valence-corrected chi connectivity index (χ3v) is 3.93. The highest BCUT2D eigenvalue weighted by Gasteiger charge is 2.20. The highest BCUT2D eigenvalue weighted by Crippen LogP contribution is 2.26. The number of hydrogen-bond donors (Lipinski definition) is 2. The highest BCUT2D eigenvalue weighted by atomic mass is 32.1. The lowest BCUT2D eigenvalue weighted by Crippen LogP contribution is -2.25. The molecule has 114 valence electrons. The number of amides is 1. The van der Waals surface area contributed by atoms with Crippen molar-refractivity contribution in [1.82, 2.24) is 9.88 Å².